The molecule has 3 rings (SSSR count). The van der Waals surface area contributed by atoms with Crippen molar-refractivity contribution in [2.45, 2.75) is 21.4 Å². The normalized spacial score (nSPS) is 11.0. The summed E-state index contributed by atoms with van der Waals surface area (Å²) in [7, 11) is 0. The molecule has 1 aromatic carbocycles. The molecule has 6 nitrogen and oxygen atoms in total. The van der Waals surface area contributed by atoms with Gasteiger partial charge in [0.25, 0.3) is 5.91 Å². The standard InChI is InChI=1S/C18H17N5OS3/c1-13-4-6-14(7-5-13)11-25-17-22-23-18(27-17)26-12-16(24)21-20-10-15-3-2-8-19-9-15/h2-10H,11-12H2,1H3,(H,21,24). The zero-order valence-electron chi connectivity index (χ0n) is 14.5. The van der Waals surface area contributed by atoms with E-state index in [2.05, 4.69) is 56.9 Å². The van der Waals surface area contributed by atoms with Crippen molar-refractivity contribution in [3.63, 3.8) is 0 Å². The number of benzene rings is 1. The summed E-state index contributed by atoms with van der Waals surface area (Å²) >= 11 is 4.50. The van der Waals surface area contributed by atoms with Crippen molar-refractivity contribution in [2.24, 2.45) is 5.10 Å². The Morgan fingerprint density at radius 3 is 2.70 bits per heavy atom. The van der Waals surface area contributed by atoms with Gasteiger partial charge in [0.05, 0.1) is 12.0 Å². The van der Waals surface area contributed by atoms with Gasteiger partial charge in [-0.3, -0.25) is 9.78 Å². The molecule has 0 saturated carbocycles. The summed E-state index contributed by atoms with van der Waals surface area (Å²) in [4.78, 5) is 15.8. The first-order chi connectivity index (χ1) is 13.2. The molecule has 0 bridgehead atoms. The highest BCUT2D eigenvalue weighted by Gasteiger charge is 2.08. The van der Waals surface area contributed by atoms with Crippen LogP contribution in [0.5, 0.6) is 0 Å². The summed E-state index contributed by atoms with van der Waals surface area (Å²) in [5.74, 6) is 0.898. The number of carbonyl (C=O) groups is 1. The highest BCUT2D eigenvalue weighted by Crippen LogP contribution is 2.30. The highest BCUT2D eigenvalue weighted by molar-refractivity contribution is 8.03. The maximum absolute atomic E-state index is 11.8. The summed E-state index contributed by atoms with van der Waals surface area (Å²) in [6.07, 6.45) is 4.91. The lowest BCUT2D eigenvalue weighted by Gasteiger charge is -1.99. The number of thioether (sulfide) groups is 2. The molecule has 9 heteroatoms. The van der Waals surface area contributed by atoms with E-state index < -0.39 is 0 Å². The molecule has 0 radical (unpaired) electrons. The van der Waals surface area contributed by atoms with Gasteiger partial charge in [-0.1, -0.05) is 70.8 Å². The molecule has 3 aromatic rings. The van der Waals surface area contributed by atoms with Crippen molar-refractivity contribution >= 4 is 47.0 Å². The van der Waals surface area contributed by atoms with Gasteiger partial charge in [-0.15, -0.1) is 10.2 Å². The second kappa shape index (κ2) is 10.2. The fourth-order valence-corrected chi connectivity index (χ4v) is 4.70. The predicted octanol–water partition coefficient (Wildman–Crippen LogP) is 3.78. The van der Waals surface area contributed by atoms with Crippen LogP contribution in [0, 0.1) is 6.92 Å². The number of carbonyl (C=O) groups excluding carboxylic acids is 1. The topological polar surface area (TPSA) is 80.1 Å². The Balaban J connectivity index is 1.40. The van der Waals surface area contributed by atoms with E-state index >= 15 is 0 Å². The first-order valence-electron chi connectivity index (χ1n) is 8.05. The minimum Gasteiger partial charge on any atom is -0.272 e. The second-order valence-corrected chi connectivity index (χ2v) is 8.90. The van der Waals surface area contributed by atoms with Crippen LogP contribution < -0.4 is 5.43 Å². The number of rotatable bonds is 8. The third-order valence-electron chi connectivity index (χ3n) is 3.28. The summed E-state index contributed by atoms with van der Waals surface area (Å²) in [6, 6.07) is 12.1. The van der Waals surface area contributed by atoms with Crippen LogP contribution >= 0.6 is 34.9 Å². The Hall–Kier alpha value is -2.23. The van der Waals surface area contributed by atoms with Gasteiger partial charge in [0, 0.05) is 23.7 Å². The average Bonchev–Trinajstić information content (AvgIpc) is 3.15. The SMILES string of the molecule is Cc1ccc(CSc2nnc(SCC(=O)NN=Cc3cccnc3)s2)cc1. The van der Waals surface area contributed by atoms with E-state index in [-0.39, 0.29) is 11.7 Å². The number of nitrogens with one attached hydrogen (secondary N) is 1. The fraction of sp³-hybridized carbons (Fsp3) is 0.167. The highest BCUT2D eigenvalue weighted by atomic mass is 32.2. The molecule has 2 aromatic heterocycles. The largest absolute Gasteiger partial charge is 0.272 e. The van der Waals surface area contributed by atoms with Crippen molar-refractivity contribution in [3.8, 4) is 0 Å². The number of pyridine rings is 1. The molecular weight excluding hydrogens is 398 g/mol. The van der Waals surface area contributed by atoms with Crippen LogP contribution in [0.25, 0.3) is 0 Å². The summed E-state index contributed by atoms with van der Waals surface area (Å²) in [5.41, 5.74) is 5.82. The van der Waals surface area contributed by atoms with Crippen LogP contribution in [0.2, 0.25) is 0 Å². The second-order valence-electron chi connectivity index (χ2n) is 5.48. The van der Waals surface area contributed by atoms with Crippen LogP contribution in [-0.2, 0) is 10.5 Å². The first-order valence-corrected chi connectivity index (χ1v) is 10.8. The first kappa shape index (κ1) is 19.5. The number of aryl methyl sites for hydroxylation is 1. The molecule has 138 valence electrons. The van der Waals surface area contributed by atoms with Gasteiger partial charge in [-0.25, -0.2) is 5.43 Å². The van der Waals surface area contributed by atoms with Gasteiger partial charge in [-0.2, -0.15) is 5.10 Å². The molecule has 0 unspecified atom stereocenters. The number of amides is 1. The molecule has 0 aliphatic rings. The molecule has 0 fully saturated rings. The van der Waals surface area contributed by atoms with Crippen LogP contribution in [0.3, 0.4) is 0 Å². The molecule has 27 heavy (non-hydrogen) atoms. The lowest BCUT2D eigenvalue weighted by Crippen LogP contribution is -2.19. The molecule has 0 atom stereocenters. The molecule has 0 aliphatic heterocycles. The molecular formula is C18H17N5OS3. The molecule has 1 N–H and O–H groups in total. The Bertz CT molecular complexity index is 897. The Kier molecular flexibility index (Phi) is 7.37. The Labute approximate surface area is 169 Å². The maximum Gasteiger partial charge on any atom is 0.250 e. The van der Waals surface area contributed by atoms with E-state index in [4.69, 9.17) is 0 Å². The minimum atomic E-state index is -0.191. The molecule has 1 amide bonds. The van der Waals surface area contributed by atoms with Gasteiger partial charge in [0.1, 0.15) is 0 Å². The third-order valence-corrected chi connectivity index (χ3v) is 6.55. The predicted molar refractivity (Wildman–Crippen MR) is 111 cm³/mol. The van der Waals surface area contributed by atoms with Crippen molar-refractivity contribution in [2.75, 3.05) is 5.75 Å². The number of hydrazone groups is 1. The van der Waals surface area contributed by atoms with Crippen LogP contribution in [-0.4, -0.2) is 33.1 Å². The fourth-order valence-electron chi connectivity index (χ4n) is 1.93. The van der Waals surface area contributed by atoms with E-state index in [9.17, 15) is 4.79 Å². The van der Waals surface area contributed by atoms with Crippen LogP contribution in [0.15, 0.2) is 62.6 Å². The van der Waals surface area contributed by atoms with E-state index in [1.807, 2.05) is 12.1 Å². The number of hydrogen-bond donors (Lipinski definition) is 1. The quantitative estimate of drug-likeness (QED) is 0.343. The molecule has 0 aliphatic carbocycles. The van der Waals surface area contributed by atoms with Crippen molar-refractivity contribution in [1.82, 2.24) is 20.6 Å². The molecule has 2 heterocycles. The zero-order valence-corrected chi connectivity index (χ0v) is 17.0. The van der Waals surface area contributed by atoms with Gasteiger partial charge in [-0.05, 0) is 18.6 Å². The van der Waals surface area contributed by atoms with E-state index in [0.717, 1.165) is 20.0 Å². The van der Waals surface area contributed by atoms with Gasteiger partial charge < -0.3 is 0 Å². The number of hydrogen-bond acceptors (Lipinski definition) is 8. The summed E-state index contributed by atoms with van der Waals surface area (Å²) in [6.45, 7) is 2.07. The Morgan fingerprint density at radius 2 is 1.96 bits per heavy atom. The van der Waals surface area contributed by atoms with E-state index in [1.54, 1.807) is 30.4 Å². The monoisotopic (exact) mass is 415 g/mol. The minimum absolute atomic E-state index is 0.191. The van der Waals surface area contributed by atoms with Crippen molar-refractivity contribution in [1.29, 1.82) is 0 Å². The Morgan fingerprint density at radius 1 is 1.19 bits per heavy atom. The van der Waals surface area contributed by atoms with Gasteiger partial charge >= 0.3 is 0 Å². The van der Waals surface area contributed by atoms with Gasteiger partial charge in [0.15, 0.2) is 8.68 Å². The third kappa shape index (κ3) is 6.78. The summed E-state index contributed by atoms with van der Waals surface area (Å²) in [5, 5.41) is 12.2. The zero-order chi connectivity index (χ0) is 18.9. The van der Waals surface area contributed by atoms with Crippen molar-refractivity contribution in [3.05, 3.63) is 65.5 Å². The van der Waals surface area contributed by atoms with Crippen molar-refractivity contribution < 1.29 is 4.79 Å². The van der Waals surface area contributed by atoms with Gasteiger partial charge in [0.2, 0.25) is 0 Å². The van der Waals surface area contributed by atoms with Crippen LogP contribution in [0.4, 0.5) is 0 Å². The lowest BCUT2D eigenvalue weighted by molar-refractivity contribution is -0.118. The summed E-state index contributed by atoms with van der Waals surface area (Å²) < 4.78 is 1.67. The molecule has 0 spiro atoms. The van der Waals surface area contributed by atoms with E-state index in [0.29, 0.717) is 0 Å². The van der Waals surface area contributed by atoms with E-state index in [1.165, 1.54) is 34.2 Å². The lowest BCUT2D eigenvalue weighted by atomic mass is 10.2. The number of nitrogens with zero attached hydrogens (tertiary/aromatic N) is 4. The molecule has 0 saturated heterocycles. The van der Waals surface area contributed by atoms with Crippen LogP contribution in [0.1, 0.15) is 16.7 Å². The maximum atomic E-state index is 11.8. The smallest absolute Gasteiger partial charge is 0.250 e. The average molecular weight is 416 g/mol. The number of aromatic nitrogens is 3.